The van der Waals surface area contributed by atoms with Gasteiger partial charge in [-0.1, -0.05) is 13.8 Å². The lowest BCUT2D eigenvalue weighted by Crippen LogP contribution is -2.50. The fourth-order valence-electron chi connectivity index (χ4n) is 1.92. The van der Waals surface area contributed by atoms with Crippen molar-refractivity contribution in [2.45, 2.75) is 33.6 Å². The molecule has 1 rings (SSSR count). The minimum atomic E-state index is -0.496. The number of imide groups is 1. The monoisotopic (exact) mass is 227 g/mol. The molecule has 0 aromatic rings. The summed E-state index contributed by atoms with van der Waals surface area (Å²) in [5.41, 5.74) is -0.494. The molecule has 5 nitrogen and oxygen atoms in total. The number of amides is 2. The van der Waals surface area contributed by atoms with E-state index in [1.807, 2.05) is 13.8 Å². The van der Waals surface area contributed by atoms with Crippen LogP contribution in [0.15, 0.2) is 0 Å². The second-order valence-corrected chi connectivity index (χ2v) is 4.64. The van der Waals surface area contributed by atoms with E-state index in [2.05, 4.69) is 5.32 Å². The second kappa shape index (κ2) is 4.63. The first-order valence-electron chi connectivity index (χ1n) is 5.36. The zero-order valence-electron chi connectivity index (χ0n) is 9.83. The number of piperidine rings is 1. The first kappa shape index (κ1) is 12.7. The summed E-state index contributed by atoms with van der Waals surface area (Å²) in [6, 6.07) is 0. The molecule has 0 saturated carbocycles. The third-order valence-corrected chi connectivity index (χ3v) is 2.81. The van der Waals surface area contributed by atoms with E-state index in [-0.39, 0.29) is 24.7 Å². The van der Waals surface area contributed by atoms with Crippen LogP contribution in [0.3, 0.4) is 0 Å². The average molecular weight is 227 g/mol. The van der Waals surface area contributed by atoms with Crippen LogP contribution in [0, 0.1) is 11.3 Å². The van der Waals surface area contributed by atoms with Crippen molar-refractivity contribution in [3.05, 3.63) is 0 Å². The van der Waals surface area contributed by atoms with E-state index in [1.54, 1.807) is 6.92 Å². The highest BCUT2D eigenvalue weighted by molar-refractivity contribution is 6.00. The average Bonchev–Trinajstić information content (AvgIpc) is 2.10. The van der Waals surface area contributed by atoms with Crippen molar-refractivity contribution in [1.82, 2.24) is 5.32 Å². The minimum absolute atomic E-state index is 0.0277. The molecule has 1 aliphatic heterocycles. The summed E-state index contributed by atoms with van der Waals surface area (Å²) in [4.78, 5) is 34.2. The van der Waals surface area contributed by atoms with Crippen LogP contribution >= 0.6 is 0 Å². The number of hydrogen-bond donors (Lipinski definition) is 1. The molecular formula is C11H17NO4. The van der Waals surface area contributed by atoms with Crippen LogP contribution in [0.1, 0.15) is 33.6 Å². The second-order valence-electron chi connectivity index (χ2n) is 4.64. The van der Waals surface area contributed by atoms with Gasteiger partial charge < -0.3 is 4.74 Å². The maximum atomic E-state index is 11.6. The van der Waals surface area contributed by atoms with Gasteiger partial charge in [0.15, 0.2) is 0 Å². The van der Waals surface area contributed by atoms with Gasteiger partial charge in [0.05, 0.1) is 18.9 Å². The number of rotatable bonds is 3. The largest absolute Gasteiger partial charge is 0.466 e. The quantitative estimate of drug-likeness (QED) is 0.567. The third kappa shape index (κ3) is 2.81. The van der Waals surface area contributed by atoms with Crippen molar-refractivity contribution in [2.24, 2.45) is 11.3 Å². The first-order chi connectivity index (χ1) is 7.36. The topological polar surface area (TPSA) is 72.5 Å². The van der Waals surface area contributed by atoms with E-state index >= 15 is 0 Å². The molecule has 1 saturated heterocycles. The van der Waals surface area contributed by atoms with E-state index in [1.165, 1.54) is 0 Å². The van der Waals surface area contributed by atoms with Crippen LogP contribution in [0.5, 0.6) is 0 Å². The van der Waals surface area contributed by atoms with Gasteiger partial charge in [0.1, 0.15) is 0 Å². The van der Waals surface area contributed by atoms with Crippen LogP contribution in [0.2, 0.25) is 0 Å². The smallest absolute Gasteiger partial charge is 0.306 e. The molecule has 0 aromatic heterocycles. The number of nitrogens with one attached hydrogen (secondary N) is 1. The van der Waals surface area contributed by atoms with Gasteiger partial charge in [-0.3, -0.25) is 19.7 Å². The number of ether oxygens (including phenoxy) is 1. The Labute approximate surface area is 94.5 Å². The zero-order valence-corrected chi connectivity index (χ0v) is 9.83. The van der Waals surface area contributed by atoms with E-state index in [9.17, 15) is 14.4 Å². The Morgan fingerprint density at radius 2 is 2.12 bits per heavy atom. The van der Waals surface area contributed by atoms with Crippen LogP contribution in [-0.2, 0) is 19.1 Å². The van der Waals surface area contributed by atoms with Gasteiger partial charge in [-0.15, -0.1) is 0 Å². The lowest BCUT2D eigenvalue weighted by molar-refractivity contribution is -0.153. The van der Waals surface area contributed by atoms with Crippen molar-refractivity contribution in [2.75, 3.05) is 6.61 Å². The van der Waals surface area contributed by atoms with Gasteiger partial charge >= 0.3 is 5.97 Å². The van der Waals surface area contributed by atoms with Crippen LogP contribution in [0.4, 0.5) is 0 Å². The number of carbonyl (C=O) groups excluding carboxylic acids is 3. The molecule has 0 bridgehead atoms. The molecule has 1 aliphatic rings. The third-order valence-electron chi connectivity index (χ3n) is 2.81. The van der Waals surface area contributed by atoms with E-state index < -0.39 is 17.3 Å². The number of esters is 1. The molecule has 0 spiro atoms. The van der Waals surface area contributed by atoms with Gasteiger partial charge in [0, 0.05) is 6.42 Å². The first-order valence-corrected chi connectivity index (χ1v) is 5.36. The molecule has 1 fully saturated rings. The van der Waals surface area contributed by atoms with Crippen LogP contribution in [0.25, 0.3) is 0 Å². The van der Waals surface area contributed by atoms with Gasteiger partial charge in [0.25, 0.3) is 0 Å². The fourth-order valence-corrected chi connectivity index (χ4v) is 1.92. The Morgan fingerprint density at radius 3 is 2.62 bits per heavy atom. The molecule has 16 heavy (non-hydrogen) atoms. The Morgan fingerprint density at radius 1 is 1.50 bits per heavy atom. The summed E-state index contributed by atoms with van der Waals surface area (Å²) in [5, 5.41) is 2.25. The summed E-state index contributed by atoms with van der Waals surface area (Å²) < 4.78 is 4.81. The van der Waals surface area contributed by atoms with Gasteiger partial charge in [-0.2, -0.15) is 0 Å². The predicted octanol–water partition coefficient (Wildman–Crippen LogP) is 0.628. The highest BCUT2D eigenvalue weighted by atomic mass is 16.5. The van der Waals surface area contributed by atoms with Gasteiger partial charge in [0.2, 0.25) is 11.8 Å². The Bertz CT molecular complexity index is 322. The molecule has 5 heteroatoms. The lowest BCUT2D eigenvalue weighted by atomic mass is 9.71. The van der Waals surface area contributed by atoms with E-state index in [0.29, 0.717) is 6.61 Å². The van der Waals surface area contributed by atoms with E-state index in [4.69, 9.17) is 4.74 Å². The predicted molar refractivity (Wildman–Crippen MR) is 56.3 cm³/mol. The number of hydrogen-bond acceptors (Lipinski definition) is 4. The Kier molecular flexibility index (Phi) is 3.67. The summed E-state index contributed by atoms with van der Waals surface area (Å²) >= 11 is 0. The van der Waals surface area contributed by atoms with Gasteiger partial charge in [-0.25, -0.2) is 0 Å². The summed E-state index contributed by atoms with van der Waals surface area (Å²) in [5.74, 6) is -1.56. The summed E-state index contributed by atoms with van der Waals surface area (Å²) in [6.45, 7) is 5.64. The molecule has 0 aromatic carbocycles. The van der Waals surface area contributed by atoms with Crippen LogP contribution < -0.4 is 5.32 Å². The molecule has 1 unspecified atom stereocenters. The van der Waals surface area contributed by atoms with Crippen molar-refractivity contribution in [3.63, 3.8) is 0 Å². The molecule has 0 radical (unpaired) electrons. The Balaban J connectivity index is 2.73. The molecule has 90 valence electrons. The number of carbonyl (C=O) groups is 3. The van der Waals surface area contributed by atoms with Crippen molar-refractivity contribution in [1.29, 1.82) is 0 Å². The van der Waals surface area contributed by atoms with Crippen LogP contribution in [-0.4, -0.2) is 24.4 Å². The lowest BCUT2D eigenvalue weighted by Gasteiger charge is -2.36. The molecule has 2 amide bonds. The molecule has 1 N–H and O–H groups in total. The van der Waals surface area contributed by atoms with E-state index in [0.717, 1.165) is 0 Å². The minimum Gasteiger partial charge on any atom is -0.466 e. The zero-order chi connectivity index (χ0) is 12.3. The molecule has 1 atom stereocenters. The summed E-state index contributed by atoms with van der Waals surface area (Å²) in [7, 11) is 0. The highest BCUT2D eigenvalue weighted by Crippen LogP contribution is 2.36. The molecular weight excluding hydrogens is 210 g/mol. The maximum Gasteiger partial charge on any atom is 0.306 e. The van der Waals surface area contributed by atoms with Crippen molar-refractivity contribution >= 4 is 17.8 Å². The molecule has 1 heterocycles. The van der Waals surface area contributed by atoms with Gasteiger partial charge in [-0.05, 0) is 12.3 Å². The fraction of sp³-hybridized carbons (Fsp3) is 0.727. The van der Waals surface area contributed by atoms with Crippen molar-refractivity contribution < 1.29 is 19.1 Å². The summed E-state index contributed by atoms with van der Waals surface area (Å²) in [6.07, 6.45) is 0.281. The standard InChI is InChI=1S/C11H17NO4/c1-4-16-9(14)5-7-10(15)12-8(13)6-11(7,2)3/h7H,4-6H2,1-3H3,(H,12,13,15). The SMILES string of the molecule is CCOC(=O)CC1C(=O)NC(=O)CC1(C)C. The van der Waals surface area contributed by atoms with Crippen molar-refractivity contribution in [3.8, 4) is 0 Å². The maximum absolute atomic E-state index is 11.6. The normalized spacial score (nSPS) is 23.8. The Hall–Kier alpha value is -1.39. The molecule has 0 aliphatic carbocycles. The highest BCUT2D eigenvalue weighted by Gasteiger charge is 2.43.